The van der Waals surface area contributed by atoms with Crippen molar-refractivity contribution in [1.29, 1.82) is 0 Å². The van der Waals surface area contributed by atoms with E-state index >= 15 is 0 Å². The monoisotopic (exact) mass is 245 g/mol. The lowest BCUT2D eigenvalue weighted by molar-refractivity contribution is 0.208. The minimum atomic E-state index is 0.254. The molecule has 0 aromatic carbocycles. The molecular weight excluding hydrogens is 226 g/mol. The maximum Gasteiger partial charge on any atom is 0.179 e. The predicted octanol–water partition coefficient (Wildman–Crippen LogP) is 1.92. The SMILES string of the molecule is CN1CCCC(Cc2cn3cccc(O)c3n2)C1. The van der Waals surface area contributed by atoms with Gasteiger partial charge in [0, 0.05) is 18.9 Å². The van der Waals surface area contributed by atoms with E-state index in [1.807, 2.05) is 22.9 Å². The molecule has 1 aliphatic rings. The van der Waals surface area contributed by atoms with Gasteiger partial charge in [-0.2, -0.15) is 0 Å². The Hall–Kier alpha value is -1.55. The molecule has 0 radical (unpaired) electrons. The van der Waals surface area contributed by atoms with E-state index in [1.54, 1.807) is 6.07 Å². The molecule has 1 atom stereocenters. The topological polar surface area (TPSA) is 40.8 Å². The Kier molecular flexibility index (Phi) is 2.96. The third-order valence-corrected chi connectivity index (χ3v) is 3.73. The summed E-state index contributed by atoms with van der Waals surface area (Å²) < 4.78 is 1.90. The highest BCUT2D eigenvalue weighted by Crippen LogP contribution is 2.22. The van der Waals surface area contributed by atoms with Gasteiger partial charge >= 0.3 is 0 Å². The van der Waals surface area contributed by atoms with Gasteiger partial charge in [-0.3, -0.25) is 0 Å². The van der Waals surface area contributed by atoms with Crippen LogP contribution in [0.2, 0.25) is 0 Å². The minimum absolute atomic E-state index is 0.254. The first-order chi connectivity index (χ1) is 8.72. The van der Waals surface area contributed by atoms with Gasteiger partial charge in [-0.1, -0.05) is 0 Å². The van der Waals surface area contributed by atoms with E-state index in [0.717, 1.165) is 18.7 Å². The molecule has 2 aromatic heterocycles. The number of piperidine rings is 1. The van der Waals surface area contributed by atoms with E-state index in [4.69, 9.17) is 0 Å². The second-order valence-corrected chi connectivity index (χ2v) is 5.33. The molecule has 1 fully saturated rings. The zero-order valence-electron chi connectivity index (χ0n) is 10.7. The van der Waals surface area contributed by atoms with Crippen molar-refractivity contribution in [3.8, 4) is 5.75 Å². The fourth-order valence-corrected chi connectivity index (χ4v) is 2.88. The van der Waals surface area contributed by atoms with Crippen molar-refractivity contribution in [2.75, 3.05) is 20.1 Å². The van der Waals surface area contributed by atoms with E-state index in [2.05, 4.69) is 16.9 Å². The molecule has 0 amide bonds. The number of likely N-dealkylation sites (tertiary alicyclic amines) is 1. The van der Waals surface area contributed by atoms with Crippen LogP contribution in [0.25, 0.3) is 5.65 Å². The lowest BCUT2D eigenvalue weighted by Crippen LogP contribution is -2.33. The summed E-state index contributed by atoms with van der Waals surface area (Å²) in [5.74, 6) is 0.945. The first-order valence-electron chi connectivity index (χ1n) is 6.56. The standard InChI is InChI=1S/C14H19N3O/c1-16-6-2-4-11(9-16)8-12-10-17-7-3-5-13(18)14(17)15-12/h3,5,7,10-11,18H,2,4,6,8-9H2,1H3. The summed E-state index contributed by atoms with van der Waals surface area (Å²) >= 11 is 0. The molecule has 0 bridgehead atoms. The van der Waals surface area contributed by atoms with Gasteiger partial charge in [-0.15, -0.1) is 0 Å². The van der Waals surface area contributed by atoms with Crippen molar-refractivity contribution in [2.45, 2.75) is 19.3 Å². The molecule has 0 aliphatic carbocycles. The van der Waals surface area contributed by atoms with Gasteiger partial charge in [0.05, 0.1) is 5.69 Å². The molecule has 3 heterocycles. The number of pyridine rings is 1. The number of hydrogen-bond acceptors (Lipinski definition) is 3. The second-order valence-electron chi connectivity index (χ2n) is 5.33. The van der Waals surface area contributed by atoms with Crippen molar-refractivity contribution in [3.05, 3.63) is 30.2 Å². The number of hydrogen-bond donors (Lipinski definition) is 1. The van der Waals surface area contributed by atoms with Crippen LogP contribution in [0.5, 0.6) is 5.75 Å². The van der Waals surface area contributed by atoms with Gasteiger partial charge in [0.2, 0.25) is 0 Å². The van der Waals surface area contributed by atoms with E-state index in [0.29, 0.717) is 11.6 Å². The van der Waals surface area contributed by atoms with Crippen molar-refractivity contribution >= 4 is 5.65 Å². The molecule has 1 N–H and O–H groups in total. The van der Waals surface area contributed by atoms with Crippen molar-refractivity contribution in [1.82, 2.24) is 14.3 Å². The number of fused-ring (bicyclic) bond motifs is 1. The van der Waals surface area contributed by atoms with Crippen LogP contribution < -0.4 is 0 Å². The van der Waals surface area contributed by atoms with E-state index in [1.165, 1.54) is 19.4 Å². The zero-order chi connectivity index (χ0) is 12.5. The van der Waals surface area contributed by atoms with Crippen LogP contribution in [0, 0.1) is 5.92 Å². The quantitative estimate of drug-likeness (QED) is 0.879. The summed E-state index contributed by atoms with van der Waals surface area (Å²) in [6.07, 6.45) is 7.53. The second kappa shape index (κ2) is 4.61. The van der Waals surface area contributed by atoms with E-state index in [9.17, 15) is 5.11 Å². The molecule has 1 saturated heterocycles. The molecular formula is C14H19N3O. The first kappa shape index (κ1) is 11.5. The molecule has 2 aromatic rings. The van der Waals surface area contributed by atoms with E-state index < -0.39 is 0 Å². The van der Waals surface area contributed by atoms with Gasteiger partial charge in [-0.25, -0.2) is 4.98 Å². The Morgan fingerprint density at radius 1 is 1.50 bits per heavy atom. The summed E-state index contributed by atoms with van der Waals surface area (Å²) in [7, 11) is 2.18. The Balaban J connectivity index is 1.80. The Morgan fingerprint density at radius 3 is 3.17 bits per heavy atom. The molecule has 4 heteroatoms. The number of aromatic nitrogens is 2. The summed E-state index contributed by atoms with van der Waals surface area (Å²) in [4.78, 5) is 6.92. The molecule has 18 heavy (non-hydrogen) atoms. The predicted molar refractivity (Wildman–Crippen MR) is 70.8 cm³/mol. The number of imidazole rings is 1. The average molecular weight is 245 g/mol. The van der Waals surface area contributed by atoms with Crippen molar-refractivity contribution in [2.24, 2.45) is 5.92 Å². The van der Waals surface area contributed by atoms with Crippen LogP contribution in [0.3, 0.4) is 0 Å². The Morgan fingerprint density at radius 2 is 2.39 bits per heavy atom. The number of aromatic hydroxyl groups is 1. The fraction of sp³-hybridized carbons (Fsp3) is 0.500. The summed E-state index contributed by atoms with van der Waals surface area (Å²) in [6, 6.07) is 3.52. The molecule has 3 rings (SSSR count). The van der Waals surface area contributed by atoms with Crippen LogP contribution in [0.15, 0.2) is 24.5 Å². The summed E-state index contributed by atoms with van der Waals surface area (Å²) in [5, 5.41) is 9.74. The third kappa shape index (κ3) is 2.20. The molecule has 0 spiro atoms. The maximum absolute atomic E-state index is 9.74. The lowest BCUT2D eigenvalue weighted by Gasteiger charge is -2.29. The molecule has 96 valence electrons. The van der Waals surface area contributed by atoms with Gasteiger partial charge < -0.3 is 14.4 Å². The first-order valence-corrected chi connectivity index (χ1v) is 6.56. The largest absolute Gasteiger partial charge is 0.504 e. The molecule has 0 saturated carbocycles. The summed E-state index contributed by atoms with van der Waals surface area (Å²) in [6.45, 7) is 2.36. The van der Waals surface area contributed by atoms with Crippen molar-refractivity contribution < 1.29 is 5.11 Å². The number of nitrogens with zero attached hydrogens (tertiary/aromatic N) is 3. The lowest BCUT2D eigenvalue weighted by atomic mass is 9.94. The maximum atomic E-state index is 9.74. The van der Waals surface area contributed by atoms with Gasteiger partial charge in [0.1, 0.15) is 0 Å². The van der Waals surface area contributed by atoms with Crippen LogP contribution in [0.4, 0.5) is 0 Å². The van der Waals surface area contributed by atoms with Gasteiger partial charge in [0.25, 0.3) is 0 Å². The molecule has 1 aliphatic heterocycles. The highest BCUT2D eigenvalue weighted by atomic mass is 16.3. The third-order valence-electron chi connectivity index (χ3n) is 3.73. The summed E-state index contributed by atoms with van der Waals surface area (Å²) in [5.41, 5.74) is 1.74. The Labute approximate surface area is 107 Å². The van der Waals surface area contributed by atoms with Crippen LogP contribution in [-0.4, -0.2) is 39.5 Å². The highest BCUT2D eigenvalue weighted by Gasteiger charge is 2.18. The van der Waals surface area contributed by atoms with Crippen LogP contribution in [0.1, 0.15) is 18.5 Å². The molecule has 4 nitrogen and oxygen atoms in total. The average Bonchev–Trinajstić information content (AvgIpc) is 2.73. The van der Waals surface area contributed by atoms with Crippen LogP contribution >= 0.6 is 0 Å². The zero-order valence-corrected chi connectivity index (χ0v) is 10.7. The molecule has 1 unspecified atom stereocenters. The van der Waals surface area contributed by atoms with Crippen molar-refractivity contribution in [3.63, 3.8) is 0 Å². The fourth-order valence-electron chi connectivity index (χ4n) is 2.88. The highest BCUT2D eigenvalue weighted by molar-refractivity contribution is 5.53. The van der Waals surface area contributed by atoms with Crippen LogP contribution in [-0.2, 0) is 6.42 Å². The van der Waals surface area contributed by atoms with E-state index in [-0.39, 0.29) is 5.75 Å². The van der Waals surface area contributed by atoms with Gasteiger partial charge in [0.15, 0.2) is 11.4 Å². The normalized spacial score (nSPS) is 21.5. The minimum Gasteiger partial charge on any atom is -0.504 e. The number of rotatable bonds is 2. The van der Waals surface area contributed by atoms with Gasteiger partial charge in [-0.05, 0) is 50.9 Å². The Bertz CT molecular complexity index is 549. The smallest absolute Gasteiger partial charge is 0.179 e.